The van der Waals surface area contributed by atoms with E-state index in [0.717, 1.165) is 28.9 Å². The molecule has 2 atom stereocenters. The highest BCUT2D eigenvalue weighted by atomic mass is 79.9. The van der Waals surface area contributed by atoms with E-state index in [1.54, 1.807) is 0 Å². The monoisotopic (exact) mass is 311 g/mol. The lowest BCUT2D eigenvalue weighted by Gasteiger charge is -2.31. The second-order valence-corrected chi connectivity index (χ2v) is 6.32. The van der Waals surface area contributed by atoms with Crippen molar-refractivity contribution in [1.82, 2.24) is 4.90 Å². The minimum Gasteiger partial charge on any atom is -0.388 e. The number of nitrogens with zero attached hydrogens (tertiary/aromatic N) is 1. The summed E-state index contributed by atoms with van der Waals surface area (Å²) in [6.07, 6.45) is 3.13. The Morgan fingerprint density at radius 1 is 1.50 bits per heavy atom. The summed E-state index contributed by atoms with van der Waals surface area (Å²) in [7, 11) is 0. The van der Waals surface area contributed by atoms with Crippen LogP contribution in [0.4, 0.5) is 0 Å². The molecule has 0 aromatic heterocycles. The van der Waals surface area contributed by atoms with Gasteiger partial charge in [0.2, 0.25) is 0 Å². The zero-order valence-electron chi connectivity index (χ0n) is 11.0. The number of benzene rings is 1. The maximum atomic E-state index is 10.2. The molecule has 1 aliphatic rings. The molecule has 1 aromatic rings. The molecule has 2 rings (SSSR count). The molecule has 2 nitrogen and oxygen atoms in total. The van der Waals surface area contributed by atoms with Crippen LogP contribution in [0, 0.1) is 5.92 Å². The summed E-state index contributed by atoms with van der Waals surface area (Å²) < 4.78 is 1.03. The van der Waals surface area contributed by atoms with Crippen molar-refractivity contribution in [2.75, 3.05) is 19.6 Å². The first-order chi connectivity index (χ1) is 8.65. The summed E-state index contributed by atoms with van der Waals surface area (Å²) in [5, 5.41) is 10.2. The molecule has 1 heterocycles. The van der Waals surface area contributed by atoms with Gasteiger partial charge in [-0.1, -0.05) is 35.0 Å². The molecule has 100 valence electrons. The molecule has 0 amide bonds. The number of aliphatic hydroxyl groups excluding tert-OH is 1. The maximum absolute atomic E-state index is 10.2. The molecule has 0 spiro atoms. The van der Waals surface area contributed by atoms with Crippen molar-refractivity contribution in [2.24, 2.45) is 5.92 Å². The Morgan fingerprint density at radius 2 is 2.33 bits per heavy atom. The van der Waals surface area contributed by atoms with Gasteiger partial charge in [-0.15, -0.1) is 0 Å². The Hall–Kier alpha value is -0.380. The fourth-order valence-electron chi connectivity index (χ4n) is 2.68. The molecule has 1 aromatic carbocycles. The molecule has 2 unspecified atom stereocenters. The third kappa shape index (κ3) is 4.08. The first kappa shape index (κ1) is 14.0. The molecule has 0 bridgehead atoms. The van der Waals surface area contributed by atoms with Gasteiger partial charge in [-0.3, -0.25) is 0 Å². The van der Waals surface area contributed by atoms with Crippen LogP contribution in [0.1, 0.15) is 37.9 Å². The first-order valence-corrected chi connectivity index (χ1v) is 7.60. The lowest BCUT2D eigenvalue weighted by atomic mass is 9.99. The van der Waals surface area contributed by atoms with E-state index in [4.69, 9.17) is 0 Å². The van der Waals surface area contributed by atoms with Crippen molar-refractivity contribution in [3.8, 4) is 0 Å². The molecule has 1 saturated heterocycles. The second-order valence-electron chi connectivity index (χ2n) is 5.41. The van der Waals surface area contributed by atoms with Crippen LogP contribution in [0.5, 0.6) is 0 Å². The van der Waals surface area contributed by atoms with Gasteiger partial charge in [0.15, 0.2) is 0 Å². The number of likely N-dealkylation sites (tertiary alicyclic amines) is 1. The van der Waals surface area contributed by atoms with Crippen molar-refractivity contribution in [2.45, 2.75) is 32.3 Å². The molecular weight excluding hydrogens is 290 g/mol. The van der Waals surface area contributed by atoms with Gasteiger partial charge in [-0.2, -0.15) is 0 Å². The third-order valence-corrected chi connectivity index (χ3v) is 4.19. The SMILES string of the molecule is CC1CCCN(CCC(O)c2cccc(Br)c2)C1. The van der Waals surface area contributed by atoms with E-state index in [9.17, 15) is 5.11 Å². The first-order valence-electron chi connectivity index (χ1n) is 6.81. The summed E-state index contributed by atoms with van der Waals surface area (Å²) in [5.41, 5.74) is 1.01. The van der Waals surface area contributed by atoms with Crippen molar-refractivity contribution < 1.29 is 5.11 Å². The summed E-state index contributed by atoms with van der Waals surface area (Å²) in [6.45, 7) is 5.69. The summed E-state index contributed by atoms with van der Waals surface area (Å²) in [4.78, 5) is 2.48. The van der Waals surface area contributed by atoms with E-state index in [2.05, 4.69) is 27.8 Å². The normalized spacial score (nSPS) is 22.9. The smallest absolute Gasteiger partial charge is 0.0802 e. The molecule has 1 aliphatic heterocycles. The number of halogens is 1. The highest BCUT2D eigenvalue weighted by Crippen LogP contribution is 2.22. The second kappa shape index (κ2) is 6.69. The van der Waals surface area contributed by atoms with E-state index >= 15 is 0 Å². The molecule has 1 fully saturated rings. The molecular formula is C15H22BrNO. The fourth-order valence-corrected chi connectivity index (χ4v) is 3.09. The van der Waals surface area contributed by atoms with Crippen LogP contribution in [0.15, 0.2) is 28.7 Å². The van der Waals surface area contributed by atoms with Gasteiger partial charge in [0, 0.05) is 17.6 Å². The van der Waals surface area contributed by atoms with Crippen LogP contribution in [0.3, 0.4) is 0 Å². The quantitative estimate of drug-likeness (QED) is 0.918. The van der Waals surface area contributed by atoms with Gasteiger partial charge in [0.25, 0.3) is 0 Å². The van der Waals surface area contributed by atoms with Crippen molar-refractivity contribution in [3.05, 3.63) is 34.3 Å². The van der Waals surface area contributed by atoms with Crippen molar-refractivity contribution >= 4 is 15.9 Å². The standard InChI is InChI=1S/C15H22BrNO/c1-12-4-3-8-17(11-12)9-7-15(18)13-5-2-6-14(16)10-13/h2,5-6,10,12,15,18H,3-4,7-9,11H2,1H3. The van der Waals surface area contributed by atoms with E-state index in [1.165, 1.54) is 25.9 Å². The molecule has 18 heavy (non-hydrogen) atoms. The summed E-state index contributed by atoms with van der Waals surface area (Å²) in [6, 6.07) is 7.96. The molecule has 0 aliphatic carbocycles. The Bertz CT molecular complexity index is 383. The molecule has 3 heteroatoms. The zero-order valence-corrected chi connectivity index (χ0v) is 12.6. The molecule has 0 radical (unpaired) electrons. The topological polar surface area (TPSA) is 23.5 Å². The van der Waals surface area contributed by atoms with Crippen LogP contribution >= 0.6 is 15.9 Å². The Labute approximate surface area is 118 Å². The summed E-state index contributed by atoms with van der Waals surface area (Å²) in [5.74, 6) is 0.807. The van der Waals surface area contributed by atoms with Gasteiger partial charge in [0.05, 0.1) is 6.10 Å². The van der Waals surface area contributed by atoms with Crippen LogP contribution in [0.2, 0.25) is 0 Å². The number of rotatable bonds is 4. The number of hydrogen-bond acceptors (Lipinski definition) is 2. The third-order valence-electron chi connectivity index (χ3n) is 3.69. The number of aliphatic hydroxyl groups is 1. The highest BCUT2D eigenvalue weighted by Gasteiger charge is 2.17. The largest absolute Gasteiger partial charge is 0.388 e. The average molecular weight is 312 g/mol. The number of piperidine rings is 1. The Morgan fingerprint density at radius 3 is 3.06 bits per heavy atom. The van der Waals surface area contributed by atoms with E-state index < -0.39 is 0 Å². The van der Waals surface area contributed by atoms with Gasteiger partial charge in [0.1, 0.15) is 0 Å². The van der Waals surface area contributed by atoms with Gasteiger partial charge in [-0.25, -0.2) is 0 Å². The minimum atomic E-state index is -0.347. The van der Waals surface area contributed by atoms with Crippen LogP contribution in [-0.2, 0) is 0 Å². The average Bonchev–Trinajstić information content (AvgIpc) is 2.36. The van der Waals surface area contributed by atoms with Gasteiger partial charge < -0.3 is 10.0 Å². The van der Waals surface area contributed by atoms with Crippen LogP contribution in [0.25, 0.3) is 0 Å². The van der Waals surface area contributed by atoms with E-state index in [0.29, 0.717) is 0 Å². The van der Waals surface area contributed by atoms with Crippen molar-refractivity contribution in [1.29, 1.82) is 0 Å². The fraction of sp³-hybridized carbons (Fsp3) is 0.600. The van der Waals surface area contributed by atoms with Crippen LogP contribution in [-0.4, -0.2) is 29.6 Å². The van der Waals surface area contributed by atoms with Gasteiger partial charge >= 0.3 is 0 Å². The van der Waals surface area contributed by atoms with Gasteiger partial charge in [-0.05, 0) is 49.4 Å². The lowest BCUT2D eigenvalue weighted by molar-refractivity contribution is 0.122. The molecule has 0 saturated carbocycles. The van der Waals surface area contributed by atoms with E-state index in [-0.39, 0.29) is 6.10 Å². The highest BCUT2D eigenvalue weighted by molar-refractivity contribution is 9.10. The number of hydrogen-bond donors (Lipinski definition) is 1. The minimum absolute atomic E-state index is 0.347. The Balaban J connectivity index is 1.82. The van der Waals surface area contributed by atoms with Crippen molar-refractivity contribution in [3.63, 3.8) is 0 Å². The lowest BCUT2D eigenvalue weighted by Crippen LogP contribution is -2.35. The predicted molar refractivity (Wildman–Crippen MR) is 78.6 cm³/mol. The molecule has 1 N–H and O–H groups in total. The Kier molecular flexibility index (Phi) is 5.22. The van der Waals surface area contributed by atoms with E-state index in [1.807, 2.05) is 24.3 Å². The summed E-state index contributed by atoms with van der Waals surface area (Å²) >= 11 is 3.44. The maximum Gasteiger partial charge on any atom is 0.0802 e. The zero-order chi connectivity index (χ0) is 13.0. The van der Waals surface area contributed by atoms with Crippen LogP contribution < -0.4 is 0 Å². The predicted octanol–water partition coefficient (Wildman–Crippen LogP) is 3.60.